The normalized spacial score (nSPS) is 15.6. The number of hydrogen-bond donors (Lipinski definition) is 0. The number of non-ortho nitro benzene ring substituents is 1. The number of imide groups is 1. The van der Waals surface area contributed by atoms with Crippen LogP contribution in [-0.2, 0) is 22.6 Å². The van der Waals surface area contributed by atoms with Gasteiger partial charge in [0.2, 0.25) is 0 Å². The molecule has 2 amide bonds. The molecule has 0 aliphatic carbocycles. The Balaban J connectivity index is 1.79. The maximum absolute atomic E-state index is 12.8. The summed E-state index contributed by atoms with van der Waals surface area (Å²) >= 11 is 0.902. The van der Waals surface area contributed by atoms with E-state index in [4.69, 9.17) is 4.74 Å². The highest BCUT2D eigenvalue weighted by atomic mass is 32.2. The SMILES string of the molecule is COCCn1c(C)cc(/C=C2\SC(=O)N(Cc3ccc([N+](=O)[O-])cc3)C2=O)c1C. The van der Waals surface area contributed by atoms with Gasteiger partial charge in [-0.3, -0.25) is 24.6 Å². The van der Waals surface area contributed by atoms with Gasteiger partial charge in [-0.2, -0.15) is 0 Å². The van der Waals surface area contributed by atoms with Gasteiger partial charge < -0.3 is 9.30 Å². The predicted octanol–water partition coefficient (Wildman–Crippen LogP) is 3.90. The van der Waals surface area contributed by atoms with Gasteiger partial charge in [0.15, 0.2) is 0 Å². The average molecular weight is 415 g/mol. The Labute approximate surface area is 172 Å². The van der Waals surface area contributed by atoms with E-state index in [9.17, 15) is 19.7 Å². The molecule has 0 N–H and O–H groups in total. The average Bonchev–Trinajstić information content (AvgIpc) is 3.10. The number of nitro benzene ring substituents is 1. The van der Waals surface area contributed by atoms with E-state index < -0.39 is 4.92 Å². The first-order chi connectivity index (χ1) is 13.8. The molecule has 1 aromatic carbocycles. The van der Waals surface area contributed by atoms with Crippen LogP contribution in [0.4, 0.5) is 10.5 Å². The summed E-state index contributed by atoms with van der Waals surface area (Å²) in [6, 6.07) is 7.80. The molecule has 1 aliphatic rings. The van der Waals surface area contributed by atoms with Gasteiger partial charge in [0.1, 0.15) is 0 Å². The Hall–Kier alpha value is -2.91. The number of carbonyl (C=O) groups excluding carboxylic acids is 2. The number of amides is 2. The molecule has 1 saturated heterocycles. The highest BCUT2D eigenvalue weighted by Crippen LogP contribution is 2.34. The van der Waals surface area contributed by atoms with Gasteiger partial charge in [-0.15, -0.1) is 0 Å². The van der Waals surface area contributed by atoms with Crippen LogP contribution in [0.1, 0.15) is 22.5 Å². The fraction of sp³-hybridized carbons (Fsp3) is 0.300. The van der Waals surface area contributed by atoms with Gasteiger partial charge in [0.05, 0.1) is 23.0 Å². The van der Waals surface area contributed by atoms with E-state index in [1.165, 1.54) is 12.1 Å². The van der Waals surface area contributed by atoms with Crippen molar-refractivity contribution in [3.63, 3.8) is 0 Å². The van der Waals surface area contributed by atoms with Gasteiger partial charge in [-0.05, 0) is 48.9 Å². The van der Waals surface area contributed by atoms with Crippen molar-refractivity contribution in [2.45, 2.75) is 26.9 Å². The number of nitro groups is 1. The van der Waals surface area contributed by atoms with E-state index in [1.54, 1.807) is 25.3 Å². The number of carbonyl (C=O) groups is 2. The van der Waals surface area contributed by atoms with Gasteiger partial charge in [-0.25, -0.2) is 0 Å². The third-order valence-corrected chi connectivity index (χ3v) is 5.69. The quantitative estimate of drug-likeness (QED) is 0.387. The topological polar surface area (TPSA) is 94.7 Å². The minimum Gasteiger partial charge on any atom is -0.383 e. The molecule has 0 bridgehead atoms. The van der Waals surface area contributed by atoms with E-state index in [1.807, 2.05) is 19.9 Å². The largest absolute Gasteiger partial charge is 0.383 e. The molecule has 1 fully saturated rings. The van der Waals surface area contributed by atoms with Crippen molar-refractivity contribution in [2.24, 2.45) is 0 Å². The number of aryl methyl sites for hydroxylation is 1. The molecule has 1 aliphatic heterocycles. The third-order valence-electron chi connectivity index (χ3n) is 4.78. The second-order valence-electron chi connectivity index (χ2n) is 6.66. The van der Waals surface area contributed by atoms with E-state index in [0.29, 0.717) is 23.6 Å². The van der Waals surface area contributed by atoms with Crippen molar-refractivity contribution in [1.82, 2.24) is 9.47 Å². The molecular weight excluding hydrogens is 394 g/mol. The second kappa shape index (κ2) is 8.62. The smallest absolute Gasteiger partial charge is 0.293 e. The standard InChI is InChI=1S/C20H21N3O5S/c1-13-10-16(14(2)21(13)8-9-28-3)11-18-19(24)22(20(25)29-18)12-15-4-6-17(7-5-15)23(26)27/h4-7,10-11H,8-9,12H2,1-3H3/b18-11-. The van der Waals surface area contributed by atoms with Crippen LogP contribution in [0, 0.1) is 24.0 Å². The summed E-state index contributed by atoms with van der Waals surface area (Å²) in [5.41, 5.74) is 3.56. The number of benzene rings is 1. The Morgan fingerprint density at radius 1 is 1.21 bits per heavy atom. The first-order valence-electron chi connectivity index (χ1n) is 8.96. The van der Waals surface area contributed by atoms with Gasteiger partial charge in [-0.1, -0.05) is 12.1 Å². The Bertz CT molecular complexity index is 994. The number of hydrogen-bond acceptors (Lipinski definition) is 6. The highest BCUT2D eigenvalue weighted by molar-refractivity contribution is 8.18. The number of methoxy groups -OCH3 is 1. The Morgan fingerprint density at radius 3 is 2.52 bits per heavy atom. The Morgan fingerprint density at radius 2 is 1.90 bits per heavy atom. The zero-order valence-corrected chi connectivity index (χ0v) is 17.2. The summed E-state index contributed by atoms with van der Waals surface area (Å²) in [6.07, 6.45) is 1.74. The van der Waals surface area contributed by atoms with Crippen molar-refractivity contribution in [2.75, 3.05) is 13.7 Å². The van der Waals surface area contributed by atoms with Crippen LogP contribution in [0.5, 0.6) is 0 Å². The molecule has 3 rings (SSSR count). The van der Waals surface area contributed by atoms with Crippen LogP contribution >= 0.6 is 11.8 Å². The van der Waals surface area contributed by atoms with Gasteiger partial charge >= 0.3 is 0 Å². The lowest BCUT2D eigenvalue weighted by Crippen LogP contribution is -2.27. The lowest BCUT2D eigenvalue weighted by atomic mass is 10.2. The van der Waals surface area contributed by atoms with Crippen molar-refractivity contribution in [3.05, 3.63) is 67.9 Å². The molecule has 0 unspecified atom stereocenters. The third kappa shape index (κ3) is 4.41. The first-order valence-corrected chi connectivity index (χ1v) is 9.78. The molecule has 0 spiro atoms. The number of aromatic nitrogens is 1. The van der Waals surface area contributed by atoms with Crippen molar-refractivity contribution >= 4 is 34.7 Å². The maximum atomic E-state index is 12.8. The molecular formula is C20H21N3O5S. The maximum Gasteiger partial charge on any atom is 0.293 e. The fourth-order valence-corrected chi connectivity index (χ4v) is 4.01. The van der Waals surface area contributed by atoms with Crippen LogP contribution in [0.15, 0.2) is 35.2 Å². The summed E-state index contributed by atoms with van der Waals surface area (Å²) in [7, 11) is 1.65. The molecule has 29 heavy (non-hydrogen) atoms. The zero-order valence-electron chi connectivity index (χ0n) is 16.4. The summed E-state index contributed by atoms with van der Waals surface area (Å²) < 4.78 is 7.25. The van der Waals surface area contributed by atoms with E-state index in [2.05, 4.69) is 4.57 Å². The fourth-order valence-electron chi connectivity index (χ4n) is 3.18. The molecule has 0 atom stereocenters. The van der Waals surface area contributed by atoms with Crippen LogP contribution in [0.2, 0.25) is 0 Å². The first kappa shape index (κ1) is 20.8. The summed E-state index contributed by atoms with van der Waals surface area (Å²) in [4.78, 5) is 36.9. The van der Waals surface area contributed by atoms with Crippen LogP contribution in [-0.4, -0.2) is 39.3 Å². The lowest BCUT2D eigenvalue weighted by molar-refractivity contribution is -0.384. The van der Waals surface area contributed by atoms with Crippen molar-refractivity contribution in [1.29, 1.82) is 0 Å². The monoisotopic (exact) mass is 415 g/mol. The zero-order chi connectivity index (χ0) is 21.1. The molecule has 2 aromatic rings. The molecule has 0 saturated carbocycles. The number of nitrogens with zero attached hydrogens (tertiary/aromatic N) is 3. The van der Waals surface area contributed by atoms with Gasteiger partial charge in [0.25, 0.3) is 16.8 Å². The van der Waals surface area contributed by atoms with Crippen molar-refractivity contribution in [3.8, 4) is 0 Å². The molecule has 9 heteroatoms. The molecule has 152 valence electrons. The summed E-state index contributed by atoms with van der Waals surface area (Å²) in [5.74, 6) is -0.361. The summed E-state index contributed by atoms with van der Waals surface area (Å²) in [6.45, 7) is 5.33. The van der Waals surface area contributed by atoms with Crippen molar-refractivity contribution < 1.29 is 19.2 Å². The van der Waals surface area contributed by atoms with Crippen LogP contribution < -0.4 is 0 Å². The van der Waals surface area contributed by atoms with Crippen LogP contribution in [0.25, 0.3) is 6.08 Å². The minimum atomic E-state index is -0.490. The lowest BCUT2D eigenvalue weighted by Gasteiger charge is -2.12. The number of thioether (sulfide) groups is 1. The second-order valence-corrected chi connectivity index (χ2v) is 7.66. The molecule has 8 nitrogen and oxygen atoms in total. The highest BCUT2D eigenvalue weighted by Gasteiger charge is 2.35. The van der Waals surface area contributed by atoms with E-state index in [-0.39, 0.29) is 23.4 Å². The molecule has 1 aromatic heterocycles. The molecule has 2 heterocycles. The predicted molar refractivity (Wildman–Crippen MR) is 110 cm³/mol. The van der Waals surface area contributed by atoms with Gasteiger partial charge in [0, 0.05) is 37.2 Å². The summed E-state index contributed by atoms with van der Waals surface area (Å²) in [5, 5.41) is 10.4. The number of ether oxygens (including phenoxy) is 1. The van der Waals surface area contributed by atoms with Crippen LogP contribution in [0.3, 0.4) is 0 Å². The van der Waals surface area contributed by atoms with E-state index in [0.717, 1.165) is 33.6 Å². The Kier molecular flexibility index (Phi) is 6.19. The van der Waals surface area contributed by atoms with E-state index >= 15 is 0 Å². The number of rotatable bonds is 7. The minimum absolute atomic E-state index is 0.0355. The molecule has 0 radical (unpaired) electrons.